The molecule has 1 N–H and O–H groups in total. The molecule has 0 aliphatic carbocycles. The van der Waals surface area contributed by atoms with Gasteiger partial charge in [-0.25, -0.2) is 0 Å². The van der Waals surface area contributed by atoms with Crippen molar-refractivity contribution in [1.82, 2.24) is 5.32 Å². The molecule has 1 aromatic rings. The van der Waals surface area contributed by atoms with E-state index < -0.39 is 0 Å². The van der Waals surface area contributed by atoms with Gasteiger partial charge in [0.1, 0.15) is 0 Å². The smallest absolute Gasteiger partial charge is 0.0320 e. The van der Waals surface area contributed by atoms with Gasteiger partial charge in [0.15, 0.2) is 0 Å². The van der Waals surface area contributed by atoms with Crippen LogP contribution in [0, 0.1) is 5.92 Å². The van der Waals surface area contributed by atoms with Crippen molar-refractivity contribution in [2.24, 2.45) is 5.92 Å². The highest BCUT2D eigenvalue weighted by Crippen LogP contribution is 2.26. The van der Waals surface area contributed by atoms with E-state index >= 15 is 0 Å². The van der Waals surface area contributed by atoms with Gasteiger partial charge >= 0.3 is 0 Å². The Bertz CT molecular complexity index is 324. The molecule has 1 saturated heterocycles. The second kappa shape index (κ2) is 5.49. The van der Waals surface area contributed by atoms with Gasteiger partial charge < -0.3 is 5.32 Å². The third-order valence-corrected chi connectivity index (χ3v) is 3.55. The van der Waals surface area contributed by atoms with Crippen molar-refractivity contribution in [3.05, 3.63) is 35.4 Å². The van der Waals surface area contributed by atoms with Gasteiger partial charge in [0.25, 0.3) is 0 Å². The largest absolute Gasteiger partial charge is 0.310 e. The van der Waals surface area contributed by atoms with Crippen LogP contribution in [0.4, 0.5) is 0 Å². The topological polar surface area (TPSA) is 12.0 Å². The minimum Gasteiger partial charge on any atom is -0.310 e. The third kappa shape index (κ3) is 2.85. The molecule has 16 heavy (non-hydrogen) atoms. The highest BCUT2D eigenvalue weighted by atomic mass is 14.9. The summed E-state index contributed by atoms with van der Waals surface area (Å²) in [7, 11) is 0. The monoisotopic (exact) mass is 217 g/mol. The van der Waals surface area contributed by atoms with Crippen LogP contribution in [0.1, 0.15) is 50.3 Å². The summed E-state index contributed by atoms with van der Waals surface area (Å²) < 4.78 is 0. The Labute approximate surface area is 99.3 Å². The molecule has 0 bridgehead atoms. The number of benzene rings is 1. The summed E-state index contributed by atoms with van der Waals surface area (Å²) >= 11 is 0. The van der Waals surface area contributed by atoms with E-state index in [1.54, 1.807) is 0 Å². The summed E-state index contributed by atoms with van der Waals surface area (Å²) in [4.78, 5) is 0. The van der Waals surface area contributed by atoms with Gasteiger partial charge in [0.05, 0.1) is 0 Å². The fraction of sp³-hybridized carbons (Fsp3) is 0.600. The van der Waals surface area contributed by atoms with Gasteiger partial charge in [-0.2, -0.15) is 0 Å². The summed E-state index contributed by atoms with van der Waals surface area (Å²) in [5.41, 5.74) is 2.97. The average molecular weight is 217 g/mol. The molecule has 0 aromatic heterocycles. The molecule has 1 fully saturated rings. The molecule has 2 unspecified atom stereocenters. The van der Waals surface area contributed by atoms with Crippen LogP contribution in [-0.2, 0) is 6.42 Å². The zero-order valence-electron chi connectivity index (χ0n) is 10.5. The Kier molecular flexibility index (Phi) is 4.00. The number of piperidine rings is 1. The van der Waals surface area contributed by atoms with Crippen molar-refractivity contribution in [3.63, 3.8) is 0 Å². The van der Waals surface area contributed by atoms with Gasteiger partial charge in [-0.3, -0.25) is 0 Å². The molecule has 0 saturated carbocycles. The molecule has 0 amide bonds. The van der Waals surface area contributed by atoms with E-state index in [1.807, 2.05) is 0 Å². The second-order valence-corrected chi connectivity index (χ2v) is 5.14. The quantitative estimate of drug-likeness (QED) is 0.814. The van der Waals surface area contributed by atoms with E-state index in [-0.39, 0.29) is 0 Å². The van der Waals surface area contributed by atoms with Crippen molar-refractivity contribution in [1.29, 1.82) is 0 Å². The van der Waals surface area contributed by atoms with Crippen LogP contribution in [0.15, 0.2) is 24.3 Å². The summed E-state index contributed by atoms with van der Waals surface area (Å²) in [5.74, 6) is 0.843. The number of rotatable bonds is 3. The minimum absolute atomic E-state index is 0.591. The highest BCUT2D eigenvalue weighted by molar-refractivity contribution is 5.26. The van der Waals surface area contributed by atoms with Crippen molar-refractivity contribution >= 4 is 0 Å². The Morgan fingerprint density at radius 3 is 2.88 bits per heavy atom. The lowest BCUT2D eigenvalue weighted by molar-refractivity contribution is 0.333. The third-order valence-electron chi connectivity index (χ3n) is 3.55. The molecule has 1 heterocycles. The van der Waals surface area contributed by atoms with Gasteiger partial charge in [0, 0.05) is 6.04 Å². The fourth-order valence-electron chi connectivity index (χ4n) is 2.54. The first-order valence-corrected chi connectivity index (χ1v) is 6.62. The number of aryl methyl sites for hydroxylation is 1. The fourth-order valence-corrected chi connectivity index (χ4v) is 2.54. The maximum atomic E-state index is 3.65. The summed E-state index contributed by atoms with van der Waals surface area (Å²) in [5, 5.41) is 3.65. The van der Waals surface area contributed by atoms with Crippen LogP contribution in [0.25, 0.3) is 0 Å². The predicted octanol–water partition coefficient (Wildman–Crippen LogP) is 3.70. The average Bonchev–Trinajstić information content (AvgIpc) is 2.31. The van der Waals surface area contributed by atoms with Crippen molar-refractivity contribution < 1.29 is 0 Å². The molecular formula is C15H23N. The first-order chi connectivity index (χ1) is 7.79. The normalized spacial score (nSPS) is 25.6. The lowest BCUT2D eigenvalue weighted by Crippen LogP contribution is -2.31. The molecule has 88 valence electrons. The molecule has 2 rings (SSSR count). The summed E-state index contributed by atoms with van der Waals surface area (Å²) in [6.45, 7) is 5.74. The van der Waals surface area contributed by atoms with Gasteiger partial charge in [-0.15, -0.1) is 0 Å². The van der Waals surface area contributed by atoms with Crippen LogP contribution in [0.3, 0.4) is 0 Å². The van der Waals surface area contributed by atoms with E-state index in [4.69, 9.17) is 0 Å². The van der Waals surface area contributed by atoms with E-state index in [2.05, 4.69) is 43.4 Å². The Morgan fingerprint density at radius 1 is 1.31 bits per heavy atom. The van der Waals surface area contributed by atoms with E-state index in [0.29, 0.717) is 6.04 Å². The van der Waals surface area contributed by atoms with Gasteiger partial charge in [0.2, 0.25) is 0 Å². The van der Waals surface area contributed by atoms with E-state index in [1.165, 1.54) is 43.4 Å². The molecule has 0 spiro atoms. The lowest BCUT2D eigenvalue weighted by Gasteiger charge is -2.28. The SMILES string of the molecule is CCCc1cccc(C2CCC(C)CN2)c1. The number of nitrogens with one attached hydrogen (secondary N) is 1. The van der Waals surface area contributed by atoms with Gasteiger partial charge in [-0.05, 0) is 42.9 Å². The van der Waals surface area contributed by atoms with Crippen LogP contribution in [-0.4, -0.2) is 6.54 Å². The number of hydrogen-bond donors (Lipinski definition) is 1. The van der Waals surface area contributed by atoms with Crippen LogP contribution < -0.4 is 5.32 Å². The molecule has 1 aromatic carbocycles. The maximum absolute atomic E-state index is 3.65. The van der Waals surface area contributed by atoms with Crippen molar-refractivity contribution in [2.45, 2.75) is 45.6 Å². The highest BCUT2D eigenvalue weighted by Gasteiger charge is 2.18. The lowest BCUT2D eigenvalue weighted by atomic mass is 9.91. The first-order valence-electron chi connectivity index (χ1n) is 6.62. The zero-order valence-corrected chi connectivity index (χ0v) is 10.5. The van der Waals surface area contributed by atoms with E-state index in [9.17, 15) is 0 Å². The predicted molar refractivity (Wildman–Crippen MR) is 69.6 cm³/mol. The molecule has 2 atom stereocenters. The second-order valence-electron chi connectivity index (χ2n) is 5.14. The van der Waals surface area contributed by atoms with Crippen LogP contribution >= 0.6 is 0 Å². The van der Waals surface area contributed by atoms with Crippen LogP contribution in [0.5, 0.6) is 0 Å². The molecule has 1 heteroatoms. The van der Waals surface area contributed by atoms with Crippen LogP contribution in [0.2, 0.25) is 0 Å². The summed E-state index contributed by atoms with van der Waals surface area (Å²) in [6, 6.07) is 9.70. The summed E-state index contributed by atoms with van der Waals surface area (Å²) in [6.07, 6.45) is 5.09. The first kappa shape index (κ1) is 11.7. The molecule has 1 aliphatic heterocycles. The Hall–Kier alpha value is -0.820. The number of hydrogen-bond acceptors (Lipinski definition) is 1. The minimum atomic E-state index is 0.591. The molecule has 1 aliphatic rings. The zero-order chi connectivity index (χ0) is 11.4. The van der Waals surface area contributed by atoms with Crippen molar-refractivity contribution in [3.8, 4) is 0 Å². The maximum Gasteiger partial charge on any atom is 0.0320 e. The van der Waals surface area contributed by atoms with E-state index in [0.717, 1.165) is 5.92 Å². The Balaban J connectivity index is 2.05. The Morgan fingerprint density at radius 2 is 2.19 bits per heavy atom. The molecule has 0 radical (unpaired) electrons. The standard InChI is InChI=1S/C15H23N/c1-3-5-13-6-4-7-14(10-13)15-9-8-12(2)11-16-15/h4,6-7,10,12,15-16H,3,5,8-9,11H2,1-2H3. The van der Waals surface area contributed by atoms with Gasteiger partial charge in [-0.1, -0.05) is 44.5 Å². The van der Waals surface area contributed by atoms with Crippen molar-refractivity contribution in [2.75, 3.05) is 6.54 Å². The molecular weight excluding hydrogens is 194 g/mol. The molecule has 1 nitrogen and oxygen atoms in total.